The van der Waals surface area contributed by atoms with Gasteiger partial charge in [0.05, 0.1) is 51.3 Å². The molecule has 9 nitrogen and oxygen atoms in total. The van der Waals surface area contributed by atoms with Crippen LogP contribution in [-0.4, -0.2) is 42.7 Å². The van der Waals surface area contributed by atoms with Crippen LogP contribution in [0.2, 0.25) is 0 Å². The maximum Gasteiger partial charge on any atom is 0.419 e. The quantitative estimate of drug-likeness (QED) is 0.123. The molecule has 6 rings (SSSR count). The van der Waals surface area contributed by atoms with Gasteiger partial charge in [0.1, 0.15) is 17.4 Å². The zero-order valence-electron chi connectivity index (χ0n) is 27.8. The molecule has 52 heavy (non-hydrogen) atoms. The van der Waals surface area contributed by atoms with Crippen molar-refractivity contribution in [3.05, 3.63) is 106 Å². The van der Waals surface area contributed by atoms with Gasteiger partial charge in [-0.15, -0.1) is 11.3 Å². The lowest BCUT2D eigenvalue weighted by Crippen LogP contribution is -2.39. The van der Waals surface area contributed by atoms with Gasteiger partial charge in [0.15, 0.2) is 0 Å². The number of ether oxygens (including phenoxy) is 2. The van der Waals surface area contributed by atoms with Gasteiger partial charge in [-0.25, -0.2) is 18.6 Å². The van der Waals surface area contributed by atoms with Crippen LogP contribution in [-0.2, 0) is 17.3 Å². The molecule has 0 saturated heterocycles. The molecule has 5 aromatic rings. The number of methoxy groups -OCH3 is 1. The number of alkyl halides is 3. The number of benzene rings is 4. The summed E-state index contributed by atoms with van der Waals surface area (Å²) in [6.07, 6.45) is -2.29. The Morgan fingerprint density at radius 2 is 1.65 bits per heavy atom. The van der Waals surface area contributed by atoms with Gasteiger partial charge in [-0.3, -0.25) is 9.59 Å². The minimum absolute atomic E-state index is 0.00112. The molecule has 0 aliphatic heterocycles. The first kappa shape index (κ1) is 36.2. The van der Waals surface area contributed by atoms with Crippen molar-refractivity contribution in [2.75, 3.05) is 24.4 Å². The number of fused-ring (bicyclic) bond motifs is 1. The van der Waals surface area contributed by atoms with Gasteiger partial charge in [-0.1, -0.05) is 12.1 Å². The third kappa shape index (κ3) is 8.15. The van der Waals surface area contributed by atoms with E-state index < -0.39 is 41.3 Å². The maximum absolute atomic E-state index is 15.2. The molecule has 0 radical (unpaired) electrons. The minimum atomic E-state index is -5.00. The summed E-state index contributed by atoms with van der Waals surface area (Å²) in [6, 6.07) is 14.0. The third-order valence-electron chi connectivity index (χ3n) is 8.49. The van der Waals surface area contributed by atoms with Crippen molar-refractivity contribution in [1.29, 1.82) is 0 Å². The van der Waals surface area contributed by atoms with E-state index in [9.17, 15) is 31.9 Å². The van der Waals surface area contributed by atoms with Crippen LogP contribution in [0.15, 0.2) is 66.7 Å². The molecule has 0 spiro atoms. The molecule has 0 unspecified atom stereocenters. The van der Waals surface area contributed by atoms with Crippen molar-refractivity contribution in [1.82, 2.24) is 10.3 Å². The fourth-order valence-corrected chi connectivity index (χ4v) is 6.46. The fourth-order valence-electron chi connectivity index (χ4n) is 5.61. The van der Waals surface area contributed by atoms with Crippen molar-refractivity contribution in [3.63, 3.8) is 0 Å². The number of amides is 3. The number of thiazole rings is 1. The number of nitrogens with one attached hydrogen (secondary N) is 3. The van der Waals surface area contributed by atoms with Crippen molar-refractivity contribution >= 4 is 50.8 Å². The SMILES string of the molecule is COc1ccc(-c2cc(CCOC(=O)NC3CCC3)ccc2F)cc1C(=O)Nc1cc2sc(C)nc2cc1C(=O)Nc1ccc(F)c(C(F)(F)F)c1. The molecular formula is C37H31F5N4O5S. The number of halogens is 5. The number of alkyl carbamates (subject to hydrolysis) is 1. The first-order valence-electron chi connectivity index (χ1n) is 16.1. The van der Waals surface area contributed by atoms with E-state index in [0.717, 1.165) is 25.3 Å². The molecule has 1 aliphatic rings. The van der Waals surface area contributed by atoms with E-state index in [2.05, 4.69) is 20.9 Å². The molecule has 0 bridgehead atoms. The molecule has 15 heteroatoms. The summed E-state index contributed by atoms with van der Waals surface area (Å²) in [5.41, 5.74) is -0.445. The third-order valence-corrected chi connectivity index (χ3v) is 9.43. The molecule has 1 heterocycles. The molecule has 1 fully saturated rings. The number of aromatic nitrogens is 1. The second kappa shape index (κ2) is 15.0. The van der Waals surface area contributed by atoms with E-state index in [4.69, 9.17) is 9.47 Å². The minimum Gasteiger partial charge on any atom is -0.496 e. The van der Waals surface area contributed by atoms with Crippen LogP contribution >= 0.6 is 11.3 Å². The van der Waals surface area contributed by atoms with Crippen LogP contribution in [0.25, 0.3) is 21.3 Å². The highest BCUT2D eigenvalue weighted by Crippen LogP contribution is 2.35. The number of hydrogen-bond acceptors (Lipinski definition) is 7. The molecule has 4 aromatic carbocycles. The van der Waals surface area contributed by atoms with Gasteiger partial charge in [0.25, 0.3) is 11.8 Å². The predicted octanol–water partition coefficient (Wildman–Crippen LogP) is 8.90. The molecule has 3 N–H and O–H groups in total. The first-order chi connectivity index (χ1) is 24.8. The number of nitrogens with zero attached hydrogens (tertiary/aromatic N) is 1. The maximum atomic E-state index is 15.2. The first-order valence-corrected chi connectivity index (χ1v) is 16.9. The van der Waals surface area contributed by atoms with E-state index >= 15 is 4.39 Å². The number of aryl methyl sites for hydroxylation is 1. The fraction of sp³-hybridized carbons (Fsp3) is 0.243. The van der Waals surface area contributed by atoms with Gasteiger partial charge in [-0.05, 0) is 91.9 Å². The summed E-state index contributed by atoms with van der Waals surface area (Å²) < 4.78 is 80.4. The normalized spacial score (nSPS) is 13.0. The topological polar surface area (TPSA) is 119 Å². The standard InChI is InChI=1S/C37H31F5N4O5S/c1-19-43-31-17-25(34(47)44-23-8-10-29(39)27(16-23)37(40,41)42)30(18-33(31)52-19)46-35(48)26-15-21(7-11-32(26)50-2)24-14-20(6-9-28(24)38)12-13-51-36(49)45-22-4-3-5-22/h6-11,14-18,22H,3-5,12-13H2,1-2H3,(H,44,47)(H,45,49)(H,46,48). The summed E-state index contributed by atoms with van der Waals surface area (Å²) in [5.74, 6) is -3.57. The van der Waals surface area contributed by atoms with E-state index in [1.807, 2.05) is 0 Å². The summed E-state index contributed by atoms with van der Waals surface area (Å²) >= 11 is 1.28. The molecule has 270 valence electrons. The molecule has 1 saturated carbocycles. The Morgan fingerprint density at radius 3 is 2.37 bits per heavy atom. The van der Waals surface area contributed by atoms with Crippen LogP contribution in [0.5, 0.6) is 5.75 Å². The largest absolute Gasteiger partial charge is 0.496 e. The molecule has 0 atom stereocenters. The second-order valence-electron chi connectivity index (χ2n) is 12.1. The summed E-state index contributed by atoms with van der Waals surface area (Å²) in [4.78, 5) is 43.7. The lowest BCUT2D eigenvalue weighted by atomic mass is 9.93. The monoisotopic (exact) mass is 738 g/mol. The van der Waals surface area contributed by atoms with E-state index in [-0.39, 0.29) is 46.5 Å². The van der Waals surface area contributed by atoms with Crippen LogP contribution in [0.3, 0.4) is 0 Å². The Bertz CT molecular complexity index is 2180. The zero-order valence-corrected chi connectivity index (χ0v) is 28.6. The number of rotatable bonds is 10. The second-order valence-corrected chi connectivity index (χ2v) is 13.3. The number of carbonyl (C=O) groups excluding carboxylic acids is 3. The molecule has 1 aliphatic carbocycles. The van der Waals surface area contributed by atoms with E-state index in [0.29, 0.717) is 44.9 Å². The van der Waals surface area contributed by atoms with Gasteiger partial charge in [0, 0.05) is 23.7 Å². The Hall–Kier alpha value is -5.57. The molecule has 1 aromatic heterocycles. The van der Waals surface area contributed by atoms with Crippen LogP contribution in [0.4, 0.5) is 38.1 Å². The van der Waals surface area contributed by atoms with Gasteiger partial charge < -0.3 is 25.4 Å². The highest BCUT2D eigenvalue weighted by molar-refractivity contribution is 7.18. The van der Waals surface area contributed by atoms with Gasteiger partial charge in [-0.2, -0.15) is 13.2 Å². The van der Waals surface area contributed by atoms with E-state index in [1.165, 1.54) is 48.8 Å². The van der Waals surface area contributed by atoms with Crippen molar-refractivity contribution in [2.24, 2.45) is 0 Å². The number of hydrogen-bond donors (Lipinski definition) is 3. The van der Waals surface area contributed by atoms with Crippen LogP contribution in [0.1, 0.15) is 56.1 Å². The van der Waals surface area contributed by atoms with E-state index in [1.54, 1.807) is 25.1 Å². The Labute approximate surface area is 298 Å². The van der Waals surface area contributed by atoms with Gasteiger partial charge in [0.2, 0.25) is 0 Å². The lowest BCUT2D eigenvalue weighted by molar-refractivity contribution is -0.139. The number of carbonyl (C=O) groups is 3. The van der Waals surface area contributed by atoms with Crippen molar-refractivity contribution < 1.29 is 45.8 Å². The van der Waals surface area contributed by atoms with Gasteiger partial charge >= 0.3 is 12.3 Å². The predicted molar refractivity (Wildman–Crippen MR) is 186 cm³/mol. The van der Waals surface area contributed by atoms with Crippen LogP contribution in [0, 0.1) is 18.6 Å². The van der Waals surface area contributed by atoms with Crippen molar-refractivity contribution in [2.45, 2.75) is 44.8 Å². The summed E-state index contributed by atoms with van der Waals surface area (Å²) in [6.45, 7) is 1.81. The van der Waals surface area contributed by atoms with Crippen LogP contribution < -0.4 is 20.7 Å². The van der Waals surface area contributed by atoms with Crippen molar-refractivity contribution in [3.8, 4) is 16.9 Å². The highest BCUT2D eigenvalue weighted by Gasteiger charge is 2.34. The molecule has 3 amide bonds. The Kier molecular flexibility index (Phi) is 10.4. The lowest BCUT2D eigenvalue weighted by Gasteiger charge is -2.25. The zero-order chi connectivity index (χ0) is 37.2. The summed E-state index contributed by atoms with van der Waals surface area (Å²) in [5, 5.41) is 8.47. The Morgan fingerprint density at radius 1 is 0.904 bits per heavy atom. The summed E-state index contributed by atoms with van der Waals surface area (Å²) in [7, 11) is 1.34. The number of anilines is 2. The average molecular weight is 739 g/mol. The highest BCUT2D eigenvalue weighted by atomic mass is 32.1. The molecular weight excluding hydrogens is 707 g/mol. The average Bonchev–Trinajstić information content (AvgIpc) is 3.45. The Balaban J connectivity index is 1.26. The smallest absolute Gasteiger partial charge is 0.419 e.